The molecule has 3 aromatic rings. The van der Waals surface area contributed by atoms with Crippen LogP contribution in [0.15, 0.2) is 27.7 Å². The quantitative estimate of drug-likeness (QED) is 0.448. The summed E-state index contributed by atoms with van der Waals surface area (Å²) in [4.78, 5) is 27.8. The molecule has 0 radical (unpaired) electrons. The molecule has 3 rings (SSSR count). The van der Waals surface area contributed by atoms with Crippen LogP contribution in [0.1, 0.15) is 46.1 Å². The van der Waals surface area contributed by atoms with Crippen molar-refractivity contribution in [1.29, 1.82) is 0 Å². The lowest BCUT2D eigenvalue weighted by Crippen LogP contribution is -2.19. The molecule has 0 aliphatic heterocycles. The summed E-state index contributed by atoms with van der Waals surface area (Å²) in [7, 11) is 4.13. The maximum absolute atomic E-state index is 12.4. The monoisotopic (exact) mass is 431 g/mol. The number of hydrogen-bond donors (Lipinski definition) is 2. The molecule has 0 fully saturated rings. The number of anilines is 1. The molecule has 0 amide bonds. The van der Waals surface area contributed by atoms with Gasteiger partial charge in [-0.15, -0.1) is 22.7 Å². The summed E-state index contributed by atoms with van der Waals surface area (Å²) in [5.74, 6) is 0.565. The van der Waals surface area contributed by atoms with Gasteiger partial charge in [0.2, 0.25) is 5.95 Å². The molecule has 156 valence electrons. The SMILES string of the molecule is Cc1nc(NCCCCCc2csc(CN(C)C)n2)[nH]c(=O)c1Cc1cccs1. The van der Waals surface area contributed by atoms with E-state index in [9.17, 15) is 4.79 Å². The van der Waals surface area contributed by atoms with E-state index in [0.717, 1.165) is 50.0 Å². The molecule has 3 heterocycles. The van der Waals surface area contributed by atoms with E-state index in [1.807, 2.05) is 24.4 Å². The van der Waals surface area contributed by atoms with Gasteiger partial charge in [-0.1, -0.05) is 12.5 Å². The second-order valence-corrected chi connectivity index (χ2v) is 9.42. The van der Waals surface area contributed by atoms with Crippen molar-refractivity contribution in [1.82, 2.24) is 19.9 Å². The van der Waals surface area contributed by atoms with E-state index >= 15 is 0 Å². The first-order valence-corrected chi connectivity index (χ1v) is 11.7. The molecule has 0 saturated carbocycles. The Morgan fingerprint density at radius 1 is 1.17 bits per heavy atom. The summed E-state index contributed by atoms with van der Waals surface area (Å²) in [5, 5.41) is 8.63. The van der Waals surface area contributed by atoms with Crippen LogP contribution in [0, 0.1) is 6.92 Å². The Hall–Kier alpha value is -2.03. The van der Waals surface area contributed by atoms with Gasteiger partial charge in [-0.05, 0) is 51.7 Å². The van der Waals surface area contributed by atoms with Crippen molar-refractivity contribution < 1.29 is 0 Å². The smallest absolute Gasteiger partial charge is 0.256 e. The minimum atomic E-state index is -0.0505. The first-order chi connectivity index (χ1) is 14.0. The van der Waals surface area contributed by atoms with Gasteiger partial charge in [-0.25, -0.2) is 9.97 Å². The number of thiazole rings is 1. The van der Waals surface area contributed by atoms with Crippen LogP contribution in [0.3, 0.4) is 0 Å². The van der Waals surface area contributed by atoms with Crippen molar-refractivity contribution in [3.8, 4) is 0 Å². The van der Waals surface area contributed by atoms with Gasteiger partial charge in [0.05, 0.1) is 11.4 Å². The highest BCUT2D eigenvalue weighted by Gasteiger charge is 2.09. The van der Waals surface area contributed by atoms with Crippen LogP contribution < -0.4 is 10.9 Å². The lowest BCUT2D eigenvalue weighted by molar-refractivity contribution is 0.401. The molecule has 8 heteroatoms. The van der Waals surface area contributed by atoms with Gasteiger partial charge in [-0.2, -0.15) is 0 Å². The van der Waals surface area contributed by atoms with Crippen molar-refractivity contribution in [3.63, 3.8) is 0 Å². The molecule has 3 aromatic heterocycles. The maximum atomic E-state index is 12.4. The molecule has 0 bridgehead atoms. The third-order valence-electron chi connectivity index (χ3n) is 4.61. The minimum absolute atomic E-state index is 0.0505. The number of thiophene rings is 1. The van der Waals surface area contributed by atoms with Gasteiger partial charge < -0.3 is 10.2 Å². The Balaban J connectivity index is 1.39. The fourth-order valence-corrected chi connectivity index (χ4v) is 4.77. The Morgan fingerprint density at radius 3 is 2.76 bits per heavy atom. The number of rotatable bonds is 11. The standard InChI is InChI=1S/C21H29N5OS2/c1-15-18(12-17-9-7-11-28-17)20(27)25-21(23-15)22-10-6-4-5-8-16-14-29-19(24-16)13-26(2)3/h7,9,11,14H,4-6,8,10,12-13H2,1-3H3,(H2,22,23,25,27). The van der Waals surface area contributed by atoms with Crippen LogP contribution in [0.5, 0.6) is 0 Å². The number of hydrogen-bond acceptors (Lipinski definition) is 7. The largest absolute Gasteiger partial charge is 0.356 e. The zero-order valence-corrected chi connectivity index (χ0v) is 19.0. The van der Waals surface area contributed by atoms with Crippen molar-refractivity contribution in [2.75, 3.05) is 26.0 Å². The Morgan fingerprint density at radius 2 is 2.03 bits per heavy atom. The number of nitrogens with one attached hydrogen (secondary N) is 2. The molecular formula is C21H29N5OS2. The van der Waals surface area contributed by atoms with Crippen LogP contribution in [-0.4, -0.2) is 40.5 Å². The number of aromatic amines is 1. The van der Waals surface area contributed by atoms with E-state index < -0.39 is 0 Å². The van der Waals surface area contributed by atoms with Crippen molar-refractivity contribution >= 4 is 28.6 Å². The van der Waals surface area contributed by atoms with Gasteiger partial charge in [0, 0.05) is 35.3 Å². The van der Waals surface area contributed by atoms with Crippen molar-refractivity contribution in [3.05, 3.63) is 60.1 Å². The zero-order valence-electron chi connectivity index (χ0n) is 17.3. The van der Waals surface area contributed by atoms with Gasteiger partial charge in [-0.3, -0.25) is 9.78 Å². The topological polar surface area (TPSA) is 73.9 Å². The van der Waals surface area contributed by atoms with E-state index in [2.05, 4.69) is 44.6 Å². The van der Waals surface area contributed by atoms with Gasteiger partial charge >= 0.3 is 0 Å². The highest BCUT2D eigenvalue weighted by Crippen LogP contribution is 2.15. The number of unbranched alkanes of at least 4 members (excludes halogenated alkanes) is 2. The third kappa shape index (κ3) is 6.76. The predicted molar refractivity (Wildman–Crippen MR) is 122 cm³/mol. The molecule has 29 heavy (non-hydrogen) atoms. The van der Waals surface area contributed by atoms with Gasteiger partial charge in [0.25, 0.3) is 5.56 Å². The molecule has 0 unspecified atom stereocenters. The van der Waals surface area contributed by atoms with Crippen molar-refractivity contribution in [2.24, 2.45) is 0 Å². The predicted octanol–water partition coefficient (Wildman–Crippen LogP) is 4.07. The summed E-state index contributed by atoms with van der Waals surface area (Å²) in [5.41, 5.74) is 2.69. The molecule has 0 aliphatic rings. The normalized spacial score (nSPS) is 11.3. The lowest BCUT2D eigenvalue weighted by Gasteiger charge is -2.08. The fraction of sp³-hybridized carbons (Fsp3) is 0.476. The molecular weight excluding hydrogens is 402 g/mol. The van der Waals surface area contributed by atoms with E-state index in [1.54, 1.807) is 22.7 Å². The number of aromatic nitrogens is 3. The Kier molecular flexibility index (Phi) is 7.97. The molecule has 0 aromatic carbocycles. The average Bonchev–Trinajstić information content (AvgIpc) is 3.32. The Bertz CT molecular complexity index is 946. The molecule has 0 atom stereocenters. The molecule has 6 nitrogen and oxygen atoms in total. The number of H-pyrrole nitrogens is 1. The van der Waals surface area contributed by atoms with Gasteiger partial charge in [0.15, 0.2) is 0 Å². The summed E-state index contributed by atoms with van der Waals surface area (Å²) in [6.07, 6.45) is 4.94. The Labute approximate surface area is 180 Å². The lowest BCUT2D eigenvalue weighted by atomic mass is 10.1. The van der Waals surface area contributed by atoms with E-state index in [-0.39, 0.29) is 5.56 Å². The van der Waals surface area contributed by atoms with E-state index in [4.69, 9.17) is 0 Å². The van der Waals surface area contributed by atoms with Crippen LogP contribution in [0.4, 0.5) is 5.95 Å². The van der Waals surface area contributed by atoms with Crippen molar-refractivity contribution in [2.45, 2.75) is 45.6 Å². The summed E-state index contributed by atoms with van der Waals surface area (Å²) < 4.78 is 0. The molecule has 0 saturated heterocycles. The fourth-order valence-electron chi connectivity index (χ4n) is 3.11. The highest BCUT2D eigenvalue weighted by atomic mass is 32.1. The van der Waals surface area contributed by atoms with E-state index in [0.29, 0.717) is 12.4 Å². The van der Waals surface area contributed by atoms with Crippen LogP contribution in [-0.2, 0) is 19.4 Å². The zero-order chi connectivity index (χ0) is 20.6. The minimum Gasteiger partial charge on any atom is -0.356 e. The third-order valence-corrected chi connectivity index (χ3v) is 6.37. The number of nitrogens with zero attached hydrogens (tertiary/aromatic N) is 3. The highest BCUT2D eigenvalue weighted by molar-refractivity contribution is 7.10. The number of aryl methyl sites for hydroxylation is 2. The first kappa shape index (κ1) is 21.7. The second kappa shape index (κ2) is 10.7. The van der Waals surface area contributed by atoms with Crippen LogP contribution in [0.2, 0.25) is 0 Å². The van der Waals surface area contributed by atoms with Crippen LogP contribution in [0.25, 0.3) is 0 Å². The molecule has 0 aliphatic carbocycles. The van der Waals surface area contributed by atoms with Gasteiger partial charge in [0.1, 0.15) is 5.01 Å². The summed E-state index contributed by atoms with van der Waals surface area (Å²) in [6, 6.07) is 4.05. The molecule has 0 spiro atoms. The summed E-state index contributed by atoms with van der Waals surface area (Å²) >= 11 is 3.40. The molecule has 2 N–H and O–H groups in total. The van der Waals surface area contributed by atoms with Crippen LogP contribution >= 0.6 is 22.7 Å². The van der Waals surface area contributed by atoms with E-state index in [1.165, 1.54) is 15.6 Å². The maximum Gasteiger partial charge on any atom is 0.256 e. The summed E-state index contributed by atoms with van der Waals surface area (Å²) in [6.45, 7) is 3.61. The second-order valence-electron chi connectivity index (χ2n) is 7.44. The average molecular weight is 432 g/mol. The first-order valence-electron chi connectivity index (χ1n) is 9.95.